The van der Waals surface area contributed by atoms with Crippen molar-refractivity contribution in [1.29, 1.82) is 0 Å². The monoisotopic (exact) mass is 506 g/mol. The lowest BCUT2D eigenvalue weighted by Crippen LogP contribution is -2.40. The minimum Gasteiger partial charge on any atom is -0.384 e. The predicted octanol–water partition coefficient (Wildman–Crippen LogP) is 3.32. The molecule has 36 heavy (non-hydrogen) atoms. The largest absolute Gasteiger partial charge is 0.417 e. The first-order valence-corrected chi connectivity index (χ1v) is 11.4. The summed E-state index contributed by atoms with van der Waals surface area (Å²) in [4.78, 5) is 42.7. The van der Waals surface area contributed by atoms with Crippen molar-refractivity contribution in [2.45, 2.75) is 25.9 Å². The van der Waals surface area contributed by atoms with Crippen molar-refractivity contribution in [3.63, 3.8) is 0 Å². The van der Waals surface area contributed by atoms with Crippen LogP contribution in [0.2, 0.25) is 0 Å². The Labute approximate surface area is 206 Å². The first-order chi connectivity index (χ1) is 16.9. The van der Waals surface area contributed by atoms with Gasteiger partial charge in [-0.2, -0.15) is 13.2 Å². The van der Waals surface area contributed by atoms with E-state index in [1.165, 1.54) is 39.3 Å². The molecular weight excluding hydrogens is 477 g/mol. The predicted molar refractivity (Wildman–Crippen MR) is 129 cm³/mol. The summed E-state index contributed by atoms with van der Waals surface area (Å²) in [6, 6.07) is 4.78. The van der Waals surface area contributed by atoms with Crippen LogP contribution in [0, 0.1) is 5.92 Å². The Hall–Kier alpha value is -3.83. The number of anilines is 3. The number of carbonyl (C=O) groups is 3. The number of aromatic nitrogens is 1. The third-order valence-electron chi connectivity index (χ3n) is 5.95. The second kappa shape index (κ2) is 10.8. The van der Waals surface area contributed by atoms with Crippen molar-refractivity contribution < 1.29 is 27.6 Å². The molecule has 0 aliphatic carbocycles. The molecule has 9 nitrogen and oxygen atoms in total. The zero-order chi connectivity index (χ0) is 26.6. The van der Waals surface area contributed by atoms with E-state index in [1.807, 2.05) is 0 Å². The topological polar surface area (TPSA) is 121 Å². The average Bonchev–Trinajstić information content (AvgIpc) is 2.81. The highest BCUT2D eigenvalue weighted by Crippen LogP contribution is 2.35. The number of pyridine rings is 1. The van der Waals surface area contributed by atoms with Gasteiger partial charge in [-0.25, -0.2) is 4.98 Å². The number of amides is 3. The van der Waals surface area contributed by atoms with Gasteiger partial charge < -0.3 is 26.2 Å². The molecule has 1 fully saturated rings. The average molecular weight is 507 g/mol. The minimum atomic E-state index is -4.75. The molecule has 12 heteroatoms. The molecule has 1 aliphatic rings. The van der Waals surface area contributed by atoms with Crippen molar-refractivity contribution in [1.82, 2.24) is 14.8 Å². The van der Waals surface area contributed by atoms with Crippen LogP contribution in [0.5, 0.6) is 0 Å². The summed E-state index contributed by atoms with van der Waals surface area (Å²) in [6.07, 6.45) is -1.74. The number of benzene rings is 1. The van der Waals surface area contributed by atoms with E-state index >= 15 is 0 Å². The number of nitrogens with two attached hydrogens (primary N) is 1. The number of nitrogens with one attached hydrogen (secondary N) is 2. The smallest absolute Gasteiger partial charge is 0.384 e. The number of rotatable bonds is 7. The van der Waals surface area contributed by atoms with E-state index < -0.39 is 29.1 Å². The summed E-state index contributed by atoms with van der Waals surface area (Å²) in [7, 11) is 2.75. The lowest BCUT2D eigenvalue weighted by atomic mass is 9.97. The van der Waals surface area contributed by atoms with Crippen LogP contribution in [0.4, 0.5) is 30.4 Å². The quantitative estimate of drug-likeness (QED) is 0.530. The molecule has 1 aromatic carbocycles. The van der Waals surface area contributed by atoms with Gasteiger partial charge in [0.2, 0.25) is 5.91 Å². The highest BCUT2D eigenvalue weighted by molar-refractivity contribution is 5.99. The number of likely N-dealkylation sites (tertiary alicyclic amines) is 1. The van der Waals surface area contributed by atoms with E-state index in [4.69, 9.17) is 5.73 Å². The van der Waals surface area contributed by atoms with Gasteiger partial charge in [-0.1, -0.05) is 0 Å². The molecule has 3 amide bonds. The van der Waals surface area contributed by atoms with Crippen LogP contribution in [-0.2, 0) is 11.0 Å². The minimum absolute atomic E-state index is 0.00412. The van der Waals surface area contributed by atoms with Crippen LogP contribution in [0.1, 0.15) is 46.0 Å². The van der Waals surface area contributed by atoms with Gasteiger partial charge in [0.1, 0.15) is 5.82 Å². The molecule has 0 spiro atoms. The van der Waals surface area contributed by atoms with Gasteiger partial charge in [0, 0.05) is 58.6 Å². The number of halogens is 3. The van der Waals surface area contributed by atoms with Crippen molar-refractivity contribution in [2.75, 3.05) is 44.4 Å². The number of piperidine rings is 1. The van der Waals surface area contributed by atoms with Crippen molar-refractivity contribution in [3.8, 4) is 0 Å². The molecule has 1 aliphatic heterocycles. The summed E-state index contributed by atoms with van der Waals surface area (Å²) in [5.41, 5.74) is 4.49. The number of alkyl halides is 3. The van der Waals surface area contributed by atoms with Crippen molar-refractivity contribution in [3.05, 3.63) is 47.2 Å². The molecular formula is C24H29F3N6O3. The zero-order valence-corrected chi connectivity index (χ0v) is 20.3. The Morgan fingerprint density at radius 2 is 1.92 bits per heavy atom. The Bertz CT molecular complexity index is 1150. The lowest BCUT2D eigenvalue weighted by Gasteiger charge is -2.32. The fourth-order valence-electron chi connectivity index (χ4n) is 4.07. The molecule has 4 N–H and O–H groups in total. The maximum atomic E-state index is 13.7. The van der Waals surface area contributed by atoms with Crippen LogP contribution in [0.25, 0.3) is 0 Å². The van der Waals surface area contributed by atoms with Crippen LogP contribution < -0.4 is 16.4 Å². The second-order valence-corrected chi connectivity index (χ2v) is 8.92. The summed E-state index contributed by atoms with van der Waals surface area (Å²) >= 11 is 0. The SMILES string of the molecule is CC(=O)N1CCCC(CNc2cc(Nc3ccc(C(=O)N(C)C)c(C(F)(F)F)c3)ncc2C(N)=O)C1. The lowest BCUT2D eigenvalue weighted by molar-refractivity contribution is -0.138. The number of hydrogen-bond donors (Lipinski definition) is 3. The fraction of sp³-hybridized carbons (Fsp3) is 0.417. The molecule has 1 unspecified atom stereocenters. The Morgan fingerprint density at radius 1 is 1.19 bits per heavy atom. The summed E-state index contributed by atoms with van der Waals surface area (Å²) in [6.45, 7) is 3.28. The summed E-state index contributed by atoms with van der Waals surface area (Å²) in [5.74, 6) is -1.14. The first-order valence-electron chi connectivity index (χ1n) is 11.4. The van der Waals surface area contributed by atoms with Gasteiger partial charge in [-0.05, 0) is 37.0 Å². The van der Waals surface area contributed by atoms with Gasteiger partial charge in [-0.3, -0.25) is 14.4 Å². The number of nitrogens with zero attached hydrogens (tertiary/aromatic N) is 3. The maximum Gasteiger partial charge on any atom is 0.417 e. The zero-order valence-electron chi connectivity index (χ0n) is 20.3. The van der Waals surface area contributed by atoms with E-state index in [0.717, 1.165) is 29.9 Å². The van der Waals surface area contributed by atoms with Crippen molar-refractivity contribution >= 4 is 34.9 Å². The molecule has 0 bridgehead atoms. The summed E-state index contributed by atoms with van der Waals surface area (Å²) in [5, 5.41) is 5.97. The van der Waals surface area contributed by atoms with Crippen LogP contribution in [0.15, 0.2) is 30.5 Å². The molecule has 3 rings (SSSR count). The second-order valence-electron chi connectivity index (χ2n) is 8.92. The highest BCUT2D eigenvalue weighted by atomic mass is 19.4. The highest BCUT2D eigenvalue weighted by Gasteiger charge is 2.36. The van der Waals surface area contributed by atoms with E-state index in [1.54, 1.807) is 4.90 Å². The van der Waals surface area contributed by atoms with Gasteiger partial charge in [0.25, 0.3) is 11.8 Å². The van der Waals surface area contributed by atoms with Gasteiger partial charge >= 0.3 is 6.18 Å². The van der Waals surface area contributed by atoms with Crippen LogP contribution >= 0.6 is 0 Å². The first kappa shape index (κ1) is 26.8. The van der Waals surface area contributed by atoms with E-state index in [2.05, 4.69) is 15.6 Å². The Kier molecular flexibility index (Phi) is 8.06. The summed E-state index contributed by atoms with van der Waals surface area (Å²) < 4.78 is 41.0. The van der Waals surface area contributed by atoms with Gasteiger partial charge in [-0.15, -0.1) is 0 Å². The van der Waals surface area contributed by atoms with Gasteiger partial charge in [0.15, 0.2) is 0 Å². The maximum absolute atomic E-state index is 13.7. The van der Waals surface area contributed by atoms with Crippen LogP contribution in [0.3, 0.4) is 0 Å². The fourth-order valence-corrected chi connectivity index (χ4v) is 4.07. The molecule has 2 aromatic rings. The molecule has 1 aromatic heterocycles. The van der Waals surface area contributed by atoms with Crippen molar-refractivity contribution in [2.24, 2.45) is 11.7 Å². The Morgan fingerprint density at radius 3 is 2.53 bits per heavy atom. The number of hydrogen-bond acceptors (Lipinski definition) is 6. The molecule has 0 saturated carbocycles. The van der Waals surface area contributed by atoms with Crippen LogP contribution in [-0.4, -0.2) is 66.2 Å². The standard InChI is InChI=1S/C24H29F3N6O3/c1-14(34)33-8-4-5-15(13-33)11-29-20-10-21(30-12-18(20)22(28)35)31-16-6-7-17(23(36)32(2)3)19(9-16)24(25,26)27/h6-7,9-10,12,15H,4-5,8,11,13H2,1-3H3,(H2,28,35)(H2,29,30,31). The van der Waals surface area contributed by atoms with Gasteiger partial charge in [0.05, 0.1) is 22.4 Å². The third-order valence-corrected chi connectivity index (χ3v) is 5.95. The Balaban J connectivity index is 1.83. The number of carbonyl (C=O) groups excluding carboxylic acids is 3. The molecule has 1 saturated heterocycles. The number of primary amides is 1. The molecule has 0 radical (unpaired) electrons. The van der Waals surface area contributed by atoms with E-state index in [-0.39, 0.29) is 28.9 Å². The molecule has 194 valence electrons. The van der Waals surface area contributed by atoms with E-state index in [0.29, 0.717) is 25.3 Å². The molecule has 2 heterocycles. The van der Waals surface area contributed by atoms with E-state index in [9.17, 15) is 27.6 Å². The molecule has 1 atom stereocenters. The normalized spacial score (nSPS) is 15.8. The third kappa shape index (κ3) is 6.43.